The maximum absolute atomic E-state index is 12.8. The molecule has 1 amide bonds. The molecule has 23 heavy (non-hydrogen) atoms. The molecule has 0 spiro atoms. The predicted molar refractivity (Wildman–Crippen MR) is 91.6 cm³/mol. The number of hydrogen-bond donors (Lipinski definition) is 1. The van der Waals surface area contributed by atoms with Gasteiger partial charge in [0.05, 0.1) is 0 Å². The van der Waals surface area contributed by atoms with Crippen molar-refractivity contribution in [3.05, 3.63) is 29.8 Å². The van der Waals surface area contributed by atoms with E-state index >= 15 is 0 Å². The molecule has 1 saturated heterocycles. The van der Waals surface area contributed by atoms with Gasteiger partial charge in [-0.1, -0.05) is 39.0 Å². The first kappa shape index (κ1) is 17.8. The number of amides is 1. The molecule has 1 aromatic carbocycles. The number of likely N-dealkylation sites (tertiary alicyclic amines) is 1. The highest BCUT2D eigenvalue weighted by Gasteiger charge is 2.29. The first-order valence-corrected chi connectivity index (χ1v) is 8.72. The van der Waals surface area contributed by atoms with Crippen molar-refractivity contribution < 1.29 is 14.6 Å². The average Bonchev–Trinajstić information content (AvgIpc) is 2.59. The fraction of sp³-hybridized carbons (Fsp3) is 0.632. The van der Waals surface area contributed by atoms with Crippen molar-refractivity contribution in [2.75, 3.05) is 19.7 Å². The summed E-state index contributed by atoms with van der Waals surface area (Å²) in [4.78, 5) is 14.7. The largest absolute Gasteiger partial charge is 0.480 e. The molecule has 128 valence electrons. The number of piperidine rings is 1. The summed E-state index contributed by atoms with van der Waals surface area (Å²) in [6, 6.07) is 7.94. The maximum Gasteiger partial charge on any atom is 0.263 e. The lowest BCUT2D eigenvalue weighted by Crippen LogP contribution is -2.47. The molecule has 2 unspecified atom stereocenters. The van der Waals surface area contributed by atoms with Gasteiger partial charge in [-0.3, -0.25) is 4.79 Å². The number of aliphatic hydroxyl groups excluding tert-OH is 1. The van der Waals surface area contributed by atoms with E-state index in [1.165, 1.54) is 0 Å². The number of nitrogens with zero attached hydrogens (tertiary/aromatic N) is 1. The summed E-state index contributed by atoms with van der Waals surface area (Å²) < 4.78 is 6.09. The van der Waals surface area contributed by atoms with E-state index in [9.17, 15) is 9.90 Å². The fourth-order valence-electron chi connectivity index (χ4n) is 3.14. The quantitative estimate of drug-likeness (QED) is 0.876. The number of carbonyl (C=O) groups excluding carboxylic acids is 1. The van der Waals surface area contributed by atoms with Crippen molar-refractivity contribution >= 4 is 5.91 Å². The maximum atomic E-state index is 12.8. The first-order valence-electron chi connectivity index (χ1n) is 8.72. The Kier molecular flexibility index (Phi) is 6.46. The summed E-state index contributed by atoms with van der Waals surface area (Å²) in [6.07, 6.45) is 2.14. The topological polar surface area (TPSA) is 49.8 Å². The molecule has 1 heterocycles. The summed E-state index contributed by atoms with van der Waals surface area (Å²) in [6.45, 7) is 7.79. The van der Waals surface area contributed by atoms with Crippen LogP contribution in [0.5, 0.6) is 5.75 Å². The van der Waals surface area contributed by atoms with Crippen LogP contribution in [-0.4, -0.2) is 41.7 Å². The van der Waals surface area contributed by atoms with Gasteiger partial charge in [-0.05, 0) is 42.7 Å². The predicted octanol–water partition coefficient (Wildman–Crippen LogP) is 3.20. The molecular weight excluding hydrogens is 290 g/mol. The van der Waals surface area contributed by atoms with Gasteiger partial charge in [0.25, 0.3) is 5.91 Å². The number of carbonyl (C=O) groups is 1. The Bertz CT molecular complexity index is 515. The second-order valence-corrected chi connectivity index (χ2v) is 6.68. The monoisotopic (exact) mass is 319 g/mol. The third-order valence-corrected chi connectivity index (χ3v) is 4.55. The molecule has 1 aromatic rings. The lowest BCUT2D eigenvalue weighted by molar-refractivity contribution is -0.141. The highest BCUT2D eigenvalue weighted by molar-refractivity contribution is 5.81. The van der Waals surface area contributed by atoms with E-state index in [0.29, 0.717) is 18.9 Å². The number of para-hydroxylation sites is 1. The molecule has 0 saturated carbocycles. The minimum absolute atomic E-state index is 0.0456. The molecule has 1 aliphatic rings. The van der Waals surface area contributed by atoms with Crippen LogP contribution in [0.4, 0.5) is 0 Å². The number of rotatable bonds is 6. The van der Waals surface area contributed by atoms with Crippen LogP contribution in [0.2, 0.25) is 0 Å². The van der Waals surface area contributed by atoms with E-state index < -0.39 is 6.10 Å². The summed E-state index contributed by atoms with van der Waals surface area (Å²) in [5, 5.41) is 9.35. The molecule has 1 fully saturated rings. The van der Waals surface area contributed by atoms with E-state index in [-0.39, 0.29) is 18.4 Å². The Morgan fingerprint density at radius 2 is 2.13 bits per heavy atom. The first-order chi connectivity index (χ1) is 11.1. The summed E-state index contributed by atoms with van der Waals surface area (Å²) >= 11 is 0. The molecule has 1 aliphatic heterocycles. The Balaban J connectivity index is 2.09. The van der Waals surface area contributed by atoms with Gasteiger partial charge >= 0.3 is 0 Å². The van der Waals surface area contributed by atoms with Gasteiger partial charge in [0.2, 0.25) is 0 Å². The van der Waals surface area contributed by atoms with E-state index in [1.807, 2.05) is 30.0 Å². The third-order valence-electron chi connectivity index (χ3n) is 4.55. The SMILES string of the molecule is CCC(Oc1ccccc1C(C)C)C(=O)N1CCCC(CO)C1. The number of ether oxygens (including phenoxy) is 1. The normalized spacial score (nSPS) is 19.7. The van der Waals surface area contributed by atoms with E-state index in [2.05, 4.69) is 19.9 Å². The van der Waals surface area contributed by atoms with Crippen LogP contribution in [0.3, 0.4) is 0 Å². The molecule has 1 N–H and O–H groups in total. The van der Waals surface area contributed by atoms with Crippen molar-refractivity contribution in [1.29, 1.82) is 0 Å². The van der Waals surface area contributed by atoms with Gasteiger partial charge in [0.1, 0.15) is 5.75 Å². The minimum atomic E-state index is -0.452. The van der Waals surface area contributed by atoms with Crippen LogP contribution in [-0.2, 0) is 4.79 Å². The van der Waals surface area contributed by atoms with Gasteiger partial charge < -0.3 is 14.7 Å². The standard InChI is InChI=1S/C19H29NO3/c1-4-17(19(22)20-11-7-8-15(12-20)13-21)23-18-10-6-5-9-16(18)14(2)3/h5-6,9-10,14-15,17,21H,4,7-8,11-13H2,1-3H3. The van der Waals surface area contributed by atoms with Crippen molar-refractivity contribution in [2.45, 2.75) is 52.1 Å². The van der Waals surface area contributed by atoms with Gasteiger partial charge in [-0.15, -0.1) is 0 Å². The summed E-state index contributed by atoms with van der Waals surface area (Å²) in [5.41, 5.74) is 1.13. The Labute approximate surface area is 139 Å². The highest BCUT2D eigenvalue weighted by atomic mass is 16.5. The fourth-order valence-corrected chi connectivity index (χ4v) is 3.14. The van der Waals surface area contributed by atoms with Crippen LogP contribution in [0.1, 0.15) is 51.5 Å². The second kappa shape index (κ2) is 8.34. The van der Waals surface area contributed by atoms with Crippen LogP contribution in [0.25, 0.3) is 0 Å². The Morgan fingerprint density at radius 1 is 1.39 bits per heavy atom. The average molecular weight is 319 g/mol. The minimum Gasteiger partial charge on any atom is -0.480 e. The summed E-state index contributed by atoms with van der Waals surface area (Å²) in [7, 11) is 0. The molecule has 0 aliphatic carbocycles. The Hall–Kier alpha value is -1.55. The van der Waals surface area contributed by atoms with Gasteiger partial charge in [-0.25, -0.2) is 0 Å². The lowest BCUT2D eigenvalue weighted by Gasteiger charge is -2.34. The van der Waals surface area contributed by atoms with Crippen LogP contribution < -0.4 is 4.74 Å². The van der Waals surface area contributed by atoms with E-state index in [0.717, 1.165) is 30.7 Å². The molecule has 0 aromatic heterocycles. The van der Waals surface area contributed by atoms with Crippen LogP contribution in [0, 0.1) is 5.92 Å². The van der Waals surface area contributed by atoms with E-state index in [4.69, 9.17) is 4.74 Å². The molecule has 4 nitrogen and oxygen atoms in total. The van der Waals surface area contributed by atoms with Gasteiger partial charge in [0, 0.05) is 19.7 Å². The zero-order valence-electron chi connectivity index (χ0n) is 14.5. The molecule has 2 rings (SSSR count). The smallest absolute Gasteiger partial charge is 0.263 e. The number of benzene rings is 1. The van der Waals surface area contributed by atoms with E-state index in [1.54, 1.807) is 0 Å². The molecule has 2 atom stereocenters. The van der Waals surface area contributed by atoms with Crippen molar-refractivity contribution in [3.8, 4) is 5.75 Å². The molecule has 4 heteroatoms. The lowest BCUT2D eigenvalue weighted by atomic mass is 9.98. The second-order valence-electron chi connectivity index (χ2n) is 6.68. The molecular formula is C19H29NO3. The zero-order valence-corrected chi connectivity index (χ0v) is 14.5. The highest BCUT2D eigenvalue weighted by Crippen LogP contribution is 2.28. The van der Waals surface area contributed by atoms with Gasteiger partial charge in [0.15, 0.2) is 6.10 Å². The van der Waals surface area contributed by atoms with Crippen molar-refractivity contribution in [3.63, 3.8) is 0 Å². The molecule has 0 radical (unpaired) electrons. The number of hydrogen-bond acceptors (Lipinski definition) is 3. The van der Waals surface area contributed by atoms with Crippen LogP contribution in [0.15, 0.2) is 24.3 Å². The van der Waals surface area contributed by atoms with Crippen molar-refractivity contribution in [2.24, 2.45) is 5.92 Å². The number of aliphatic hydroxyl groups is 1. The van der Waals surface area contributed by atoms with Gasteiger partial charge in [-0.2, -0.15) is 0 Å². The molecule has 0 bridgehead atoms. The zero-order chi connectivity index (χ0) is 16.8. The summed E-state index contributed by atoms with van der Waals surface area (Å²) in [5.74, 6) is 1.41. The van der Waals surface area contributed by atoms with Crippen LogP contribution >= 0.6 is 0 Å². The Morgan fingerprint density at radius 3 is 2.78 bits per heavy atom. The van der Waals surface area contributed by atoms with Crippen molar-refractivity contribution in [1.82, 2.24) is 4.90 Å². The third kappa shape index (κ3) is 4.47.